The minimum absolute atomic E-state index is 0.191. The van der Waals surface area contributed by atoms with Gasteiger partial charge in [0.05, 0.1) is 9.93 Å². The third kappa shape index (κ3) is 4.30. The molecule has 1 heterocycles. The molecule has 1 saturated heterocycles. The number of rotatable bonds is 4. The van der Waals surface area contributed by atoms with E-state index < -0.39 is 0 Å². The van der Waals surface area contributed by atoms with Crippen LogP contribution < -0.4 is 10.1 Å². The second-order valence-electron chi connectivity index (χ2n) is 4.96. The van der Waals surface area contributed by atoms with E-state index in [4.69, 9.17) is 40.2 Å². The van der Waals surface area contributed by atoms with E-state index in [1.54, 1.807) is 18.2 Å². The predicted molar refractivity (Wildman–Crippen MR) is 104 cm³/mol. The van der Waals surface area contributed by atoms with Crippen molar-refractivity contribution in [1.29, 1.82) is 0 Å². The number of thiocarbonyl (C=S) groups is 1. The fourth-order valence-electron chi connectivity index (χ4n) is 2.04. The van der Waals surface area contributed by atoms with Crippen LogP contribution >= 0.6 is 47.2 Å². The number of nitrogens with one attached hydrogen (secondary N) is 1. The molecular weight excluding hydrogens is 385 g/mol. The molecule has 0 aliphatic carbocycles. The summed E-state index contributed by atoms with van der Waals surface area (Å²) in [6.07, 6.45) is 1.74. The van der Waals surface area contributed by atoms with Crippen LogP contribution in [0.3, 0.4) is 0 Å². The highest BCUT2D eigenvalue weighted by Crippen LogP contribution is 2.30. The number of thioether (sulfide) groups is 1. The fourth-order valence-corrected chi connectivity index (χ4v) is 3.45. The van der Waals surface area contributed by atoms with Crippen molar-refractivity contribution >= 4 is 63.5 Å². The summed E-state index contributed by atoms with van der Waals surface area (Å²) in [6.45, 7) is 0.393. The van der Waals surface area contributed by atoms with Crippen molar-refractivity contribution in [3.05, 3.63) is 68.5 Å². The highest BCUT2D eigenvalue weighted by atomic mass is 35.5. The van der Waals surface area contributed by atoms with Gasteiger partial charge in [-0.1, -0.05) is 65.4 Å². The van der Waals surface area contributed by atoms with Crippen molar-refractivity contribution in [3.8, 4) is 5.75 Å². The van der Waals surface area contributed by atoms with Gasteiger partial charge in [-0.3, -0.25) is 4.79 Å². The Bertz CT molecular complexity index is 835. The van der Waals surface area contributed by atoms with Crippen LogP contribution in [0.4, 0.5) is 0 Å². The molecule has 7 heteroatoms. The van der Waals surface area contributed by atoms with Crippen molar-refractivity contribution in [2.45, 2.75) is 6.61 Å². The van der Waals surface area contributed by atoms with Crippen LogP contribution in [0.25, 0.3) is 6.08 Å². The van der Waals surface area contributed by atoms with E-state index in [2.05, 4.69) is 5.32 Å². The molecule has 0 spiro atoms. The van der Waals surface area contributed by atoms with Crippen molar-refractivity contribution in [2.24, 2.45) is 0 Å². The molecule has 0 atom stereocenters. The van der Waals surface area contributed by atoms with Gasteiger partial charge >= 0.3 is 0 Å². The zero-order valence-corrected chi connectivity index (χ0v) is 15.4. The van der Waals surface area contributed by atoms with Gasteiger partial charge < -0.3 is 10.1 Å². The Morgan fingerprint density at radius 3 is 2.54 bits per heavy atom. The lowest BCUT2D eigenvalue weighted by molar-refractivity contribution is -0.115. The van der Waals surface area contributed by atoms with E-state index in [1.807, 2.05) is 30.3 Å². The van der Waals surface area contributed by atoms with Gasteiger partial charge in [-0.05, 0) is 41.5 Å². The zero-order chi connectivity index (χ0) is 17.1. The van der Waals surface area contributed by atoms with Gasteiger partial charge in [0.25, 0.3) is 5.91 Å². The van der Waals surface area contributed by atoms with Crippen molar-refractivity contribution in [3.63, 3.8) is 0 Å². The van der Waals surface area contributed by atoms with Crippen molar-refractivity contribution in [2.75, 3.05) is 0 Å². The molecule has 2 aromatic rings. The Kier molecular flexibility index (Phi) is 5.46. The minimum atomic E-state index is -0.191. The smallest absolute Gasteiger partial charge is 0.263 e. The first-order valence-electron chi connectivity index (χ1n) is 6.93. The van der Waals surface area contributed by atoms with E-state index in [-0.39, 0.29) is 5.91 Å². The van der Waals surface area contributed by atoms with Gasteiger partial charge in [0.1, 0.15) is 16.7 Å². The Hall–Kier alpha value is -1.53. The van der Waals surface area contributed by atoms with Gasteiger partial charge in [-0.2, -0.15) is 0 Å². The zero-order valence-electron chi connectivity index (χ0n) is 12.2. The normalized spacial score (nSPS) is 15.7. The summed E-state index contributed by atoms with van der Waals surface area (Å²) in [4.78, 5) is 12.2. The standard InChI is InChI=1S/C17H11Cl2NO2S2/c18-12-4-1-10(2-5-12)9-22-14-6-3-11(7-13(14)19)8-15-16(21)20-17(23)24-15/h1-8H,9H2,(H,20,21,23)/b15-8-. The lowest BCUT2D eigenvalue weighted by atomic mass is 10.2. The van der Waals surface area contributed by atoms with Gasteiger partial charge in [-0.25, -0.2) is 0 Å². The number of carbonyl (C=O) groups excluding carboxylic acids is 1. The molecule has 0 saturated carbocycles. The first-order valence-corrected chi connectivity index (χ1v) is 8.91. The number of ether oxygens (including phenoxy) is 1. The maximum atomic E-state index is 11.7. The van der Waals surface area contributed by atoms with Gasteiger partial charge in [0.15, 0.2) is 0 Å². The highest BCUT2D eigenvalue weighted by molar-refractivity contribution is 8.26. The van der Waals surface area contributed by atoms with Crippen LogP contribution in [0.1, 0.15) is 11.1 Å². The highest BCUT2D eigenvalue weighted by Gasteiger charge is 2.21. The molecule has 24 heavy (non-hydrogen) atoms. The number of hydrogen-bond donors (Lipinski definition) is 1. The molecule has 1 amide bonds. The Balaban J connectivity index is 1.70. The molecule has 1 fully saturated rings. The second kappa shape index (κ2) is 7.57. The van der Waals surface area contributed by atoms with Crippen LogP contribution in [0.2, 0.25) is 10.0 Å². The summed E-state index contributed by atoms with van der Waals surface area (Å²) >= 11 is 18.3. The number of hydrogen-bond acceptors (Lipinski definition) is 4. The second-order valence-corrected chi connectivity index (χ2v) is 7.52. The summed E-state index contributed by atoms with van der Waals surface area (Å²) in [5.41, 5.74) is 1.80. The maximum Gasteiger partial charge on any atom is 0.263 e. The molecule has 1 N–H and O–H groups in total. The Labute approximate surface area is 159 Å². The van der Waals surface area contributed by atoms with Crippen LogP contribution in [0.15, 0.2) is 47.4 Å². The SMILES string of the molecule is O=C1NC(=S)S/C1=C\c1ccc(OCc2ccc(Cl)cc2)c(Cl)c1. The summed E-state index contributed by atoms with van der Waals surface area (Å²) in [7, 11) is 0. The quantitative estimate of drug-likeness (QED) is 0.579. The number of benzene rings is 2. The summed E-state index contributed by atoms with van der Waals surface area (Å²) < 4.78 is 6.18. The molecule has 0 bridgehead atoms. The predicted octanol–water partition coefficient (Wildman–Crippen LogP) is 5.06. The maximum absolute atomic E-state index is 11.7. The molecular formula is C17H11Cl2NO2S2. The molecule has 3 nitrogen and oxygen atoms in total. The van der Waals surface area contributed by atoms with Gasteiger partial charge in [-0.15, -0.1) is 0 Å². The molecule has 1 aliphatic rings. The number of amides is 1. The molecule has 2 aromatic carbocycles. The van der Waals surface area contributed by atoms with Gasteiger partial charge in [0.2, 0.25) is 0 Å². The van der Waals surface area contributed by atoms with Crippen LogP contribution in [-0.2, 0) is 11.4 Å². The molecule has 3 rings (SSSR count). The fraction of sp³-hybridized carbons (Fsp3) is 0.0588. The molecule has 122 valence electrons. The lowest BCUT2D eigenvalue weighted by Crippen LogP contribution is -2.17. The summed E-state index contributed by atoms with van der Waals surface area (Å²) in [6, 6.07) is 12.8. The summed E-state index contributed by atoms with van der Waals surface area (Å²) in [5, 5.41) is 3.73. The molecule has 0 unspecified atom stereocenters. The van der Waals surface area contributed by atoms with Crippen molar-refractivity contribution in [1.82, 2.24) is 5.32 Å². The van der Waals surface area contributed by atoms with E-state index in [9.17, 15) is 4.79 Å². The van der Waals surface area contributed by atoms with E-state index in [1.165, 1.54) is 11.8 Å². The van der Waals surface area contributed by atoms with Crippen LogP contribution in [0, 0.1) is 0 Å². The average Bonchev–Trinajstić information content (AvgIpc) is 2.86. The largest absolute Gasteiger partial charge is 0.487 e. The van der Waals surface area contributed by atoms with E-state index in [0.717, 1.165) is 11.1 Å². The molecule has 0 radical (unpaired) electrons. The van der Waals surface area contributed by atoms with Crippen LogP contribution in [-0.4, -0.2) is 10.2 Å². The third-order valence-corrected chi connectivity index (χ3v) is 4.91. The average molecular weight is 396 g/mol. The lowest BCUT2D eigenvalue weighted by Gasteiger charge is -2.09. The Morgan fingerprint density at radius 2 is 1.92 bits per heavy atom. The molecule has 0 aromatic heterocycles. The van der Waals surface area contributed by atoms with Crippen molar-refractivity contribution < 1.29 is 9.53 Å². The van der Waals surface area contributed by atoms with Crippen LogP contribution in [0.5, 0.6) is 5.75 Å². The first-order chi connectivity index (χ1) is 11.5. The topological polar surface area (TPSA) is 38.3 Å². The monoisotopic (exact) mass is 395 g/mol. The number of halogens is 2. The number of carbonyl (C=O) groups is 1. The third-order valence-electron chi connectivity index (χ3n) is 3.20. The minimum Gasteiger partial charge on any atom is -0.487 e. The molecule has 1 aliphatic heterocycles. The summed E-state index contributed by atoms with van der Waals surface area (Å²) in [5.74, 6) is 0.386. The van der Waals surface area contributed by atoms with Gasteiger partial charge in [0, 0.05) is 5.02 Å². The Morgan fingerprint density at radius 1 is 1.17 bits per heavy atom. The van der Waals surface area contributed by atoms with E-state index in [0.29, 0.717) is 31.6 Å². The van der Waals surface area contributed by atoms with E-state index >= 15 is 0 Å². The first kappa shape index (κ1) is 17.3.